The zero-order valence-corrected chi connectivity index (χ0v) is 15.3. The van der Waals surface area contributed by atoms with Crippen LogP contribution in [0.2, 0.25) is 0 Å². The van der Waals surface area contributed by atoms with E-state index in [9.17, 15) is 4.79 Å². The smallest absolute Gasteiger partial charge is 0.221 e. The number of fused-ring (bicyclic) bond motifs is 1. The fourth-order valence-electron chi connectivity index (χ4n) is 6.15. The van der Waals surface area contributed by atoms with E-state index in [1.54, 1.807) is 13.2 Å². The number of aromatic nitrogens is 1. The number of benzene rings is 1. The number of allylic oxidation sites excluding steroid dienone is 1. The first kappa shape index (κ1) is 16.0. The first-order valence-corrected chi connectivity index (χ1v) is 9.81. The third kappa shape index (κ3) is 2.56. The molecule has 134 valence electrons. The molecule has 0 spiro atoms. The van der Waals surface area contributed by atoms with E-state index < -0.39 is 0 Å². The molecule has 2 aromatic rings. The quantitative estimate of drug-likeness (QED) is 0.727. The maximum Gasteiger partial charge on any atom is 0.221 e. The maximum atomic E-state index is 13.2. The highest BCUT2D eigenvalue weighted by atomic mass is 16.5. The second-order valence-electron chi connectivity index (χ2n) is 8.68. The summed E-state index contributed by atoms with van der Waals surface area (Å²) >= 11 is 0. The standard InChI is InChI=1S/C23H25NO2/c1-26-22-19(11-18-4-2-3-5-20(18)24-22)6-7-21(25)23-12-15-8-16(13-23)10-17(9-15)14-23/h2-7,11,15-17H,8-10,12-14H2,1H3/b7-6+. The summed E-state index contributed by atoms with van der Waals surface area (Å²) in [6.07, 6.45) is 11.1. The van der Waals surface area contributed by atoms with Crippen LogP contribution in [0, 0.1) is 23.2 Å². The number of ketones is 1. The van der Waals surface area contributed by atoms with Gasteiger partial charge in [0.15, 0.2) is 5.78 Å². The van der Waals surface area contributed by atoms with Crippen LogP contribution in [0.1, 0.15) is 44.1 Å². The van der Waals surface area contributed by atoms with Gasteiger partial charge in [0.1, 0.15) is 0 Å². The fourth-order valence-corrected chi connectivity index (χ4v) is 6.15. The Morgan fingerprint density at radius 3 is 2.42 bits per heavy atom. The third-order valence-corrected chi connectivity index (χ3v) is 6.89. The summed E-state index contributed by atoms with van der Waals surface area (Å²) in [7, 11) is 1.63. The summed E-state index contributed by atoms with van der Waals surface area (Å²) in [5.41, 5.74) is 1.71. The first-order chi connectivity index (χ1) is 12.6. The maximum absolute atomic E-state index is 13.2. The fraction of sp³-hybridized carbons (Fsp3) is 0.478. The lowest BCUT2D eigenvalue weighted by atomic mass is 9.48. The van der Waals surface area contributed by atoms with Crippen molar-refractivity contribution in [1.29, 1.82) is 0 Å². The molecule has 0 aliphatic heterocycles. The number of para-hydroxylation sites is 1. The highest BCUT2D eigenvalue weighted by molar-refractivity contribution is 5.99. The Kier molecular flexibility index (Phi) is 3.66. The van der Waals surface area contributed by atoms with E-state index in [2.05, 4.69) is 11.1 Å². The lowest BCUT2D eigenvalue weighted by Gasteiger charge is -2.55. The molecule has 4 fully saturated rings. The summed E-state index contributed by atoms with van der Waals surface area (Å²) in [6, 6.07) is 10.1. The number of hydrogen-bond acceptors (Lipinski definition) is 3. The molecule has 0 radical (unpaired) electrons. The molecule has 0 unspecified atom stereocenters. The summed E-state index contributed by atoms with van der Waals surface area (Å²) in [5, 5.41) is 1.07. The van der Waals surface area contributed by atoms with Gasteiger partial charge in [-0.3, -0.25) is 4.79 Å². The van der Waals surface area contributed by atoms with Crippen LogP contribution >= 0.6 is 0 Å². The van der Waals surface area contributed by atoms with E-state index in [1.165, 1.54) is 19.3 Å². The number of hydrogen-bond donors (Lipinski definition) is 0. The van der Waals surface area contributed by atoms with Gasteiger partial charge in [-0.05, 0) is 80.6 Å². The number of pyridine rings is 1. The molecule has 6 rings (SSSR count). The van der Waals surface area contributed by atoms with Crippen LogP contribution in [-0.4, -0.2) is 17.9 Å². The number of carbonyl (C=O) groups is 1. The Hall–Kier alpha value is -2.16. The van der Waals surface area contributed by atoms with Crippen molar-refractivity contribution in [2.24, 2.45) is 23.2 Å². The number of ether oxygens (including phenoxy) is 1. The molecule has 4 aliphatic carbocycles. The largest absolute Gasteiger partial charge is 0.481 e. The van der Waals surface area contributed by atoms with Crippen LogP contribution in [-0.2, 0) is 4.79 Å². The monoisotopic (exact) mass is 347 g/mol. The van der Waals surface area contributed by atoms with Crippen molar-refractivity contribution in [3.63, 3.8) is 0 Å². The predicted octanol–water partition coefficient (Wildman–Crippen LogP) is 5.04. The summed E-state index contributed by atoms with van der Waals surface area (Å²) < 4.78 is 5.46. The van der Waals surface area contributed by atoms with Gasteiger partial charge in [-0.1, -0.05) is 18.2 Å². The average Bonchev–Trinajstić information content (AvgIpc) is 2.64. The lowest BCUT2D eigenvalue weighted by molar-refractivity contribution is -0.138. The van der Waals surface area contributed by atoms with Gasteiger partial charge in [0.2, 0.25) is 5.88 Å². The topological polar surface area (TPSA) is 39.2 Å². The van der Waals surface area contributed by atoms with Gasteiger partial charge in [0, 0.05) is 16.4 Å². The average molecular weight is 347 g/mol. The van der Waals surface area contributed by atoms with Crippen LogP contribution in [0.25, 0.3) is 17.0 Å². The predicted molar refractivity (Wildman–Crippen MR) is 103 cm³/mol. The van der Waals surface area contributed by atoms with Crippen LogP contribution in [0.3, 0.4) is 0 Å². The molecular formula is C23H25NO2. The van der Waals surface area contributed by atoms with Crippen molar-refractivity contribution in [2.45, 2.75) is 38.5 Å². The van der Waals surface area contributed by atoms with Gasteiger partial charge < -0.3 is 4.74 Å². The first-order valence-electron chi connectivity index (χ1n) is 9.81. The zero-order chi connectivity index (χ0) is 17.7. The van der Waals surface area contributed by atoms with Crippen molar-refractivity contribution < 1.29 is 9.53 Å². The van der Waals surface area contributed by atoms with E-state index in [1.807, 2.05) is 30.3 Å². The van der Waals surface area contributed by atoms with Crippen molar-refractivity contribution >= 4 is 22.8 Å². The second kappa shape index (κ2) is 5.94. The molecule has 0 N–H and O–H groups in total. The number of nitrogens with zero attached hydrogens (tertiary/aromatic N) is 1. The van der Waals surface area contributed by atoms with E-state index in [-0.39, 0.29) is 5.41 Å². The summed E-state index contributed by atoms with van der Waals surface area (Å²) in [5.74, 6) is 3.27. The van der Waals surface area contributed by atoms with Crippen molar-refractivity contribution in [3.8, 4) is 5.88 Å². The Balaban J connectivity index is 1.45. The molecule has 1 heterocycles. The minimum atomic E-state index is -0.0806. The normalized spacial score (nSPS) is 32.4. The van der Waals surface area contributed by atoms with E-state index in [4.69, 9.17) is 4.74 Å². The van der Waals surface area contributed by atoms with E-state index in [0.717, 1.165) is 53.5 Å². The van der Waals surface area contributed by atoms with E-state index >= 15 is 0 Å². The Labute approximate surface area is 154 Å². The third-order valence-electron chi connectivity index (χ3n) is 6.89. The molecule has 4 bridgehead atoms. The minimum Gasteiger partial charge on any atom is -0.481 e. The molecule has 1 aromatic carbocycles. The Bertz CT molecular complexity index is 863. The molecule has 1 aromatic heterocycles. The van der Waals surface area contributed by atoms with Crippen molar-refractivity contribution in [1.82, 2.24) is 4.98 Å². The molecule has 4 saturated carbocycles. The molecule has 26 heavy (non-hydrogen) atoms. The molecule has 4 aliphatic rings. The van der Waals surface area contributed by atoms with Crippen LogP contribution in [0.5, 0.6) is 5.88 Å². The highest BCUT2D eigenvalue weighted by Gasteiger charge is 2.53. The molecule has 0 saturated heterocycles. The van der Waals surface area contributed by atoms with Gasteiger partial charge >= 0.3 is 0 Å². The molecule has 0 amide bonds. The Morgan fingerprint density at radius 1 is 1.12 bits per heavy atom. The molecular weight excluding hydrogens is 322 g/mol. The summed E-state index contributed by atoms with van der Waals surface area (Å²) in [4.78, 5) is 17.8. The van der Waals surface area contributed by atoms with Gasteiger partial charge in [0.25, 0.3) is 0 Å². The van der Waals surface area contributed by atoms with Gasteiger partial charge in [-0.25, -0.2) is 4.98 Å². The second-order valence-corrected chi connectivity index (χ2v) is 8.68. The molecule has 3 heteroatoms. The lowest BCUT2D eigenvalue weighted by Crippen LogP contribution is -2.49. The van der Waals surface area contributed by atoms with Crippen LogP contribution < -0.4 is 4.74 Å². The minimum absolute atomic E-state index is 0.0806. The summed E-state index contributed by atoms with van der Waals surface area (Å²) in [6.45, 7) is 0. The number of carbonyl (C=O) groups excluding carboxylic acids is 1. The van der Waals surface area contributed by atoms with Gasteiger partial charge in [0.05, 0.1) is 12.6 Å². The van der Waals surface area contributed by atoms with Crippen molar-refractivity contribution in [2.75, 3.05) is 7.11 Å². The SMILES string of the molecule is COc1nc2ccccc2cc1/C=C/C(=O)C12CC3CC(CC(C3)C1)C2. The molecule has 0 atom stereocenters. The van der Waals surface area contributed by atoms with Gasteiger partial charge in [-0.2, -0.15) is 0 Å². The number of rotatable bonds is 4. The molecule has 3 nitrogen and oxygen atoms in total. The van der Waals surface area contributed by atoms with E-state index in [0.29, 0.717) is 11.7 Å². The van der Waals surface area contributed by atoms with Gasteiger partial charge in [-0.15, -0.1) is 0 Å². The van der Waals surface area contributed by atoms with Crippen LogP contribution in [0.4, 0.5) is 0 Å². The Morgan fingerprint density at radius 2 is 1.77 bits per heavy atom. The number of methoxy groups -OCH3 is 1. The van der Waals surface area contributed by atoms with Crippen LogP contribution in [0.15, 0.2) is 36.4 Å². The zero-order valence-electron chi connectivity index (χ0n) is 15.3. The highest BCUT2D eigenvalue weighted by Crippen LogP contribution is 2.60. The van der Waals surface area contributed by atoms with Crippen molar-refractivity contribution in [3.05, 3.63) is 42.0 Å².